The van der Waals surface area contributed by atoms with E-state index in [1.807, 2.05) is 0 Å². The van der Waals surface area contributed by atoms with Crippen LogP contribution in [0.3, 0.4) is 0 Å². The molecule has 0 spiro atoms. The van der Waals surface area contributed by atoms with Gasteiger partial charge in [0.05, 0.1) is 5.56 Å². The Bertz CT molecular complexity index is 914. The van der Waals surface area contributed by atoms with Crippen molar-refractivity contribution in [3.63, 3.8) is 0 Å². The summed E-state index contributed by atoms with van der Waals surface area (Å²) in [7, 11) is 0. The van der Waals surface area contributed by atoms with E-state index in [9.17, 15) is 14.3 Å². The van der Waals surface area contributed by atoms with Crippen LogP contribution in [0.1, 0.15) is 10.4 Å². The Labute approximate surface area is 148 Å². The number of hydrogen-bond donors (Lipinski definition) is 3. The molecule has 0 radical (unpaired) electrons. The van der Waals surface area contributed by atoms with Crippen LogP contribution in [0.15, 0.2) is 76.5 Å². The number of carbonyl (C=O) groups is 1. The van der Waals surface area contributed by atoms with Gasteiger partial charge >= 0.3 is 0 Å². The van der Waals surface area contributed by atoms with Crippen LogP contribution in [0.25, 0.3) is 0 Å². The Kier molecular flexibility index (Phi) is 4.90. The molecule has 0 saturated carbocycles. The van der Waals surface area contributed by atoms with Crippen molar-refractivity contribution in [2.24, 2.45) is 0 Å². The second kappa shape index (κ2) is 7.27. The van der Waals surface area contributed by atoms with Gasteiger partial charge in [0.25, 0.3) is 5.91 Å². The zero-order chi connectivity index (χ0) is 17.8. The van der Waals surface area contributed by atoms with E-state index in [4.69, 9.17) is 5.73 Å². The number of hydrogen-bond acceptors (Lipinski definition) is 4. The van der Waals surface area contributed by atoms with Crippen molar-refractivity contribution in [1.29, 1.82) is 0 Å². The third-order valence-corrected chi connectivity index (χ3v) is 4.55. The molecule has 0 aliphatic heterocycles. The van der Waals surface area contributed by atoms with Gasteiger partial charge < -0.3 is 16.2 Å². The SMILES string of the molecule is Nc1cc(NC(=O)c2ccccc2F)ccc1Sc1ccc(O)cc1. The van der Waals surface area contributed by atoms with Crippen molar-refractivity contribution in [1.82, 2.24) is 0 Å². The van der Waals surface area contributed by atoms with Gasteiger partial charge in [-0.05, 0) is 54.6 Å². The maximum atomic E-state index is 13.7. The number of phenols is 1. The summed E-state index contributed by atoms with van der Waals surface area (Å²) in [5.41, 5.74) is 7.00. The quantitative estimate of drug-likeness (QED) is 0.602. The van der Waals surface area contributed by atoms with Crippen LogP contribution in [0.4, 0.5) is 15.8 Å². The summed E-state index contributed by atoms with van der Waals surface area (Å²) in [5.74, 6) is -0.910. The third kappa shape index (κ3) is 4.10. The monoisotopic (exact) mass is 354 g/mol. The highest BCUT2D eigenvalue weighted by molar-refractivity contribution is 7.99. The van der Waals surface area contributed by atoms with Crippen LogP contribution < -0.4 is 11.1 Å². The van der Waals surface area contributed by atoms with Crippen LogP contribution >= 0.6 is 11.8 Å². The van der Waals surface area contributed by atoms with E-state index in [0.717, 1.165) is 9.79 Å². The smallest absolute Gasteiger partial charge is 0.258 e. The van der Waals surface area contributed by atoms with Crippen LogP contribution in [0.5, 0.6) is 5.75 Å². The lowest BCUT2D eigenvalue weighted by molar-refractivity contribution is 0.102. The normalized spacial score (nSPS) is 10.4. The molecule has 4 nitrogen and oxygen atoms in total. The summed E-state index contributed by atoms with van der Waals surface area (Å²) < 4.78 is 13.7. The molecule has 4 N–H and O–H groups in total. The molecule has 0 aromatic heterocycles. The molecule has 0 unspecified atom stereocenters. The number of rotatable bonds is 4. The van der Waals surface area contributed by atoms with Crippen molar-refractivity contribution >= 4 is 29.0 Å². The standard InChI is InChI=1S/C19H15FN2O2S/c20-16-4-2-1-3-15(16)19(24)22-12-5-10-18(17(21)11-12)25-14-8-6-13(23)7-9-14/h1-11,23H,21H2,(H,22,24). The summed E-state index contributed by atoms with van der Waals surface area (Å²) in [5, 5.41) is 11.9. The summed E-state index contributed by atoms with van der Waals surface area (Å²) in [6.45, 7) is 0. The van der Waals surface area contributed by atoms with Gasteiger partial charge in [0.15, 0.2) is 0 Å². The summed E-state index contributed by atoms with van der Waals surface area (Å²) >= 11 is 1.44. The van der Waals surface area contributed by atoms with Crippen molar-refractivity contribution in [2.75, 3.05) is 11.1 Å². The number of halogens is 1. The molecule has 3 aromatic carbocycles. The lowest BCUT2D eigenvalue weighted by Crippen LogP contribution is -2.13. The van der Waals surface area contributed by atoms with Gasteiger partial charge in [0.1, 0.15) is 11.6 Å². The van der Waals surface area contributed by atoms with E-state index < -0.39 is 11.7 Å². The molecule has 3 aromatic rings. The minimum Gasteiger partial charge on any atom is -0.508 e. The highest BCUT2D eigenvalue weighted by atomic mass is 32.2. The number of nitrogens with two attached hydrogens (primary N) is 1. The first-order valence-electron chi connectivity index (χ1n) is 7.45. The van der Waals surface area contributed by atoms with Gasteiger partial charge in [0, 0.05) is 21.2 Å². The Morgan fingerprint density at radius 3 is 2.44 bits per heavy atom. The van der Waals surface area contributed by atoms with Gasteiger partial charge in [-0.15, -0.1) is 0 Å². The molecule has 0 saturated heterocycles. The predicted molar refractivity (Wildman–Crippen MR) is 97.4 cm³/mol. The van der Waals surface area contributed by atoms with Crippen molar-refractivity contribution in [3.05, 3.63) is 78.1 Å². The number of anilines is 2. The number of amides is 1. The van der Waals surface area contributed by atoms with E-state index in [0.29, 0.717) is 11.4 Å². The van der Waals surface area contributed by atoms with Gasteiger partial charge in [-0.3, -0.25) is 4.79 Å². The Hall–Kier alpha value is -2.99. The van der Waals surface area contributed by atoms with E-state index in [-0.39, 0.29) is 11.3 Å². The number of benzene rings is 3. The Morgan fingerprint density at radius 2 is 1.76 bits per heavy atom. The molecule has 0 bridgehead atoms. The fourth-order valence-electron chi connectivity index (χ4n) is 2.20. The van der Waals surface area contributed by atoms with Crippen LogP contribution in [-0.4, -0.2) is 11.0 Å². The second-order valence-corrected chi connectivity index (χ2v) is 6.40. The average molecular weight is 354 g/mol. The zero-order valence-electron chi connectivity index (χ0n) is 13.1. The molecule has 6 heteroatoms. The molecule has 0 aliphatic carbocycles. The van der Waals surface area contributed by atoms with E-state index in [1.54, 1.807) is 48.5 Å². The molecule has 3 rings (SSSR count). The van der Waals surface area contributed by atoms with Crippen molar-refractivity contribution < 1.29 is 14.3 Å². The van der Waals surface area contributed by atoms with Crippen molar-refractivity contribution in [2.45, 2.75) is 9.79 Å². The molecule has 0 fully saturated rings. The Morgan fingerprint density at radius 1 is 1.04 bits per heavy atom. The average Bonchev–Trinajstić information content (AvgIpc) is 2.59. The van der Waals surface area contributed by atoms with Gasteiger partial charge in [-0.1, -0.05) is 23.9 Å². The molecular weight excluding hydrogens is 339 g/mol. The molecule has 25 heavy (non-hydrogen) atoms. The largest absolute Gasteiger partial charge is 0.508 e. The molecular formula is C19H15FN2O2S. The fourth-order valence-corrected chi connectivity index (χ4v) is 3.04. The van der Waals surface area contributed by atoms with Crippen LogP contribution in [-0.2, 0) is 0 Å². The highest BCUT2D eigenvalue weighted by Crippen LogP contribution is 2.34. The number of phenolic OH excluding ortho intramolecular Hbond substituents is 1. The number of nitrogens with one attached hydrogen (secondary N) is 1. The van der Waals surface area contributed by atoms with E-state index in [2.05, 4.69) is 5.32 Å². The summed E-state index contributed by atoms with van der Waals surface area (Å²) in [6, 6.07) is 17.7. The number of carbonyl (C=O) groups excluding carboxylic acids is 1. The Balaban J connectivity index is 1.74. The topological polar surface area (TPSA) is 75.3 Å². The minimum absolute atomic E-state index is 0.0244. The van der Waals surface area contributed by atoms with E-state index >= 15 is 0 Å². The predicted octanol–water partition coefficient (Wildman–Crippen LogP) is 4.52. The number of nitrogen functional groups attached to an aromatic ring is 1. The van der Waals surface area contributed by atoms with Crippen LogP contribution in [0, 0.1) is 5.82 Å². The maximum Gasteiger partial charge on any atom is 0.258 e. The number of aromatic hydroxyl groups is 1. The molecule has 1 amide bonds. The van der Waals surface area contributed by atoms with Gasteiger partial charge in [0.2, 0.25) is 0 Å². The highest BCUT2D eigenvalue weighted by Gasteiger charge is 2.12. The lowest BCUT2D eigenvalue weighted by Gasteiger charge is -2.10. The van der Waals surface area contributed by atoms with Gasteiger partial charge in [-0.25, -0.2) is 4.39 Å². The first-order valence-corrected chi connectivity index (χ1v) is 8.27. The second-order valence-electron chi connectivity index (χ2n) is 5.28. The maximum absolute atomic E-state index is 13.7. The first-order chi connectivity index (χ1) is 12.0. The fraction of sp³-hybridized carbons (Fsp3) is 0. The van der Waals surface area contributed by atoms with Crippen LogP contribution in [0.2, 0.25) is 0 Å². The van der Waals surface area contributed by atoms with E-state index in [1.165, 1.54) is 30.0 Å². The van der Waals surface area contributed by atoms with Crippen molar-refractivity contribution in [3.8, 4) is 5.75 Å². The summed E-state index contributed by atoms with van der Waals surface area (Å²) in [4.78, 5) is 13.9. The summed E-state index contributed by atoms with van der Waals surface area (Å²) in [6.07, 6.45) is 0. The molecule has 0 atom stereocenters. The molecule has 0 heterocycles. The molecule has 126 valence electrons. The lowest BCUT2D eigenvalue weighted by atomic mass is 10.2. The minimum atomic E-state index is -0.576. The first kappa shape index (κ1) is 16.9. The molecule has 0 aliphatic rings. The van der Waals surface area contributed by atoms with Gasteiger partial charge in [-0.2, -0.15) is 0 Å². The third-order valence-electron chi connectivity index (χ3n) is 3.45. The zero-order valence-corrected chi connectivity index (χ0v) is 13.9.